The van der Waals surface area contributed by atoms with Gasteiger partial charge in [0.2, 0.25) is 0 Å². The number of amides is 4. The first-order valence-corrected chi connectivity index (χ1v) is 18.2. The number of aryl methyl sites for hydroxylation is 2. The highest BCUT2D eigenvalue weighted by atomic mass is 79.9. The molecule has 0 unspecified atom stereocenters. The minimum atomic E-state index is -0.436. The van der Waals surface area contributed by atoms with Crippen LogP contribution in [0.15, 0.2) is 73.1 Å². The molecule has 2 aromatic carbocycles. The number of nitrogens with zero attached hydrogens (tertiary/aromatic N) is 3. The fourth-order valence-electron chi connectivity index (χ4n) is 5.45. The van der Waals surface area contributed by atoms with Gasteiger partial charge in [-0.25, -0.2) is 0 Å². The molecule has 0 atom stereocenters. The fraction of sp³-hybridized carbons (Fsp3) is 0.229. The molecule has 0 fully saturated rings. The van der Waals surface area contributed by atoms with Crippen molar-refractivity contribution >= 4 is 107 Å². The van der Waals surface area contributed by atoms with E-state index in [2.05, 4.69) is 63.0 Å². The maximum absolute atomic E-state index is 13.2. The van der Waals surface area contributed by atoms with Gasteiger partial charge in [-0.3, -0.25) is 24.6 Å². The zero-order chi connectivity index (χ0) is 36.7. The van der Waals surface area contributed by atoms with Crippen LogP contribution in [0.1, 0.15) is 48.2 Å². The molecule has 4 amide bonds. The smallest absolute Gasteiger partial charge is 0.272 e. The Balaban J connectivity index is 0.00000605. The number of benzene rings is 2. The first-order chi connectivity index (χ1) is 24.4. The first kappa shape index (κ1) is 39.7. The molecular formula is C35H39Br2ClN10O4. The van der Waals surface area contributed by atoms with Crippen molar-refractivity contribution in [1.29, 1.82) is 5.41 Å². The van der Waals surface area contributed by atoms with E-state index in [4.69, 9.17) is 11.1 Å². The van der Waals surface area contributed by atoms with Crippen molar-refractivity contribution in [2.75, 3.05) is 51.1 Å². The van der Waals surface area contributed by atoms with Crippen LogP contribution < -0.4 is 31.9 Å². The highest BCUT2D eigenvalue weighted by Gasteiger charge is 2.18. The molecule has 14 nitrogen and oxygen atoms in total. The normalized spacial score (nSPS) is 10.7. The number of alkyl halides is 2. The molecule has 17 heteroatoms. The Morgan fingerprint density at radius 3 is 1.94 bits per heavy atom. The Hall–Kier alpha value is -5.06. The number of hydrogen-bond donors (Lipinski definition) is 7. The van der Waals surface area contributed by atoms with Crippen LogP contribution in [-0.4, -0.2) is 73.9 Å². The van der Waals surface area contributed by atoms with E-state index in [-0.39, 0.29) is 48.7 Å². The molecule has 5 aromatic rings. The summed E-state index contributed by atoms with van der Waals surface area (Å²) in [6.45, 7) is 1.92. The van der Waals surface area contributed by atoms with Crippen LogP contribution >= 0.6 is 44.3 Å². The van der Waals surface area contributed by atoms with Crippen molar-refractivity contribution in [3.05, 3.63) is 95.7 Å². The summed E-state index contributed by atoms with van der Waals surface area (Å²) in [7, 11) is 3.36. The molecule has 8 N–H and O–H groups in total. The highest BCUT2D eigenvalue weighted by molar-refractivity contribution is 9.09. The summed E-state index contributed by atoms with van der Waals surface area (Å²) in [6, 6.07) is 17.6. The molecule has 0 spiro atoms. The molecule has 3 heterocycles. The molecule has 0 aliphatic heterocycles. The Morgan fingerprint density at radius 2 is 1.35 bits per heavy atom. The maximum atomic E-state index is 13.2. The van der Waals surface area contributed by atoms with Crippen molar-refractivity contribution in [1.82, 2.24) is 19.4 Å². The van der Waals surface area contributed by atoms with Gasteiger partial charge in [0.15, 0.2) is 0 Å². The predicted octanol–water partition coefficient (Wildman–Crippen LogP) is 5.68. The number of halogens is 3. The lowest BCUT2D eigenvalue weighted by atomic mass is 10.1. The lowest BCUT2D eigenvalue weighted by molar-refractivity contribution is 0.0944. The number of anilines is 4. The van der Waals surface area contributed by atoms with E-state index >= 15 is 0 Å². The van der Waals surface area contributed by atoms with Crippen LogP contribution in [0.3, 0.4) is 0 Å². The second-order valence-electron chi connectivity index (χ2n) is 11.7. The fourth-order valence-corrected chi connectivity index (χ4v) is 6.30. The summed E-state index contributed by atoms with van der Waals surface area (Å²) in [5.74, 6) is -1.48. The standard InChI is InChI=1S/C35H38Br2N10O4.ClH/c1-45-20-25(17-29(45)34(50)40-12-9-31(38)39)43-35(51)30-18-24(19-46(30)2)42-33(49)28-16-22-15-23(5-8-27(22)44-28)41-32(48)21-3-6-26(7-4-21)47(13-10-36)14-11-37;/h3-8,15-20,44H,9-14H2,1-2H3,(H3,38,39)(H,40,50)(H,41,48)(H,42,49)(H,43,51);1H. The van der Waals surface area contributed by atoms with Gasteiger partial charge in [0.1, 0.15) is 17.1 Å². The molecule has 5 rings (SSSR count). The zero-order valence-corrected chi connectivity index (χ0v) is 32.4. The lowest BCUT2D eigenvalue weighted by Gasteiger charge is -2.23. The van der Waals surface area contributed by atoms with Crippen LogP contribution in [0.4, 0.5) is 22.7 Å². The minimum absolute atomic E-state index is 0. The number of aromatic nitrogens is 3. The third-order valence-corrected chi connectivity index (χ3v) is 8.71. The number of amidine groups is 1. The number of rotatable bonds is 15. The SMILES string of the molecule is Cl.Cn1cc(NC(=O)c2cc(NC(=O)c3cc4cc(NC(=O)c5ccc(N(CCBr)CCBr)cc5)ccc4[nH]3)cn2C)cc1C(=O)NCCC(=N)N. The third-order valence-electron chi connectivity index (χ3n) is 8.00. The third kappa shape index (κ3) is 9.83. The van der Waals surface area contributed by atoms with E-state index in [0.717, 1.165) is 34.8 Å². The molecule has 0 bridgehead atoms. The van der Waals surface area contributed by atoms with Crippen LogP contribution in [-0.2, 0) is 14.1 Å². The summed E-state index contributed by atoms with van der Waals surface area (Å²) < 4.78 is 3.16. The van der Waals surface area contributed by atoms with Crippen LogP contribution in [0.25, 0.3) is 10.9 Å². The molecule has 52 heavy (non-hydrogen) atoms. The van der Waals surface area contributed by atoms with Gasteiger partial charge in [-0.1, -0.05) is 31.9 Å². The summed E-state index contributed by atoms with van der Waals surface area (Å²) in [4.78, 5) is 57.1. The number of nitrogens with two attached hydrogens (primary N) is 1. The number of nitrogens with one attached hydrogen (secondary N) is 6. The van der Waals surface area contributed by atoms with E-state index < -0.39 is 11.8 Å². The summed E-state index contributed by atoms with van der Waals surface area (Å²) in [5, 5.41) is 20.9. The van der Waals surface area contributed by atoms with Gasteiger partial charge in [-0.2, -0.15) is 0 Å². The largest absolute Gasteiger partial charge is 0.388 e. The Labute approximate surface area is 323 Å². The van der Waals surface area contributed by atoms with Crippen molar-refractivity contribution in [2.24, 2.45) is 19.8 Å². The monoisotopic (exact) mass is 856 g/mol. The Kier molecular flexibility index (Phi) is 13.7. The lowest BCUT2D eigenvalue weighted by Crippen LogP contribution is -2.28. The van der Waals surface area contributed by atoms with Crippen LogP contribution in [0.5, 0.6) is 0 Å². The molecule has 0 saturated carbocycles. The van der Waals surface area contributed by atoms with Crippen molar-refractivity contribution in [3.63, 3.8) is 0 Å². The molecule has 0 aliphatic carbocycles. The zero-order valence-electron chi connectivity index (χ0n) is 28.4. The first-order valence-electron chi connectivity index (χ1n) is 15.9. The van der Waals surface area contributed by atoms with Crippen LogP contribution in [0.2, 0.25) is 0 Å². The van der Waals surface area contributed by atoms with Gasteiger partial charge >= 0.3 is 0 Å². The molecule has 3 aromatic heterocycles. The number of fused-ring (bicyclic) bond motifs is 1. The van der Waals surface area contributed by atoms with Crippen molar-refractivity contribution < 1.29 is 19.2 Å². The summed E-state index contributed by atoms with van der Waals surface area (Å²) in [5.41, 5.74) is 9.92. The van der Waals surface area contributed by atoms with Gasteiger partial charge in [-0.05, 0) is 60.7 Å². The maximum Gasteiger partial charge on any atom is 0.272 e. The Bertz CT molecular complexity index is 2080. The second kappa shape index (κ2) is 17.9. The average Bonchev–Trinajstić information content (AvgIpc) is 3.80. The predicted molar refractivity (Wildman–Crippen MR) is 215 cm³/mol. The van der Waals surface area contributed by atoms with Gasteiger partial charge in [-0.15, -0.1) is 12.4 Å². The van der Waals surface area contributed by atoms with Gasteiger partial charge in [0, 0.05) is 91.0 Å². The van der Waals surface area contributed by atoms with E-state index in [1.165, 1.54) is 0 Å². The van der Waals surface area contributed by atoms with E-state index in [1.54, 1.807) is 84.2 Å². The number of carbonyl (C=O) groups is 4. The molecule has 0 radical (unpaired) electrons. The minimum Gasteiger partial charge on any atom is -0.388 e. The quantitative estimate of drug-likeness (QED) is 0.0402. The molecule has 274 valence electrons. The van der Waals surface area contributed by atoms with E-state index in [0.29, 0.717) is 39.5 Å². The number of aromatic amines is 1. The van der Waals surface area contributed by atoms with Gasteiger partial charge in [0.25, 0.3) is 23.6 Å². The summed E-state index contributed by atoms with van der Waals surface area (Å²) >= 11 is 6.98. The summed E-state index contributed by atoms with van der Waals surface area (Å²) in [6.07, 6.45) is 3.47. The number of H-pyrrole nitrogens is 1. The number of carbonyl (C=O) groups excluding carboxylic acids is 4. The highest BCUT2D eigenvalue weighted by Crippen LogP contribution is 2.23. The van der Waals surface area contributed by atoms with E-state index in [9.17, 15) is 19.2 Å². The van der Waals surface area contributed by atoms with Gasteiger partial charge < -0.3 is 46.0 Å². The topological polar surface area (TPSA) is 195 Å². The van der Waals surface area contributed by atoms with Crippen molar-refractivity contribution in [3.8, 4) is 0 Å². The average molecular weight is 859 g/mol. The molecular weight excluding hydrogens is 820 g/mol. The van der Waals surface area contributed by atoms with Crippen LogP contribution in [0, 0.1) is 5.41 Å². The molecule has 0 saturated heterocycles. The Morgan fingerprint density at radius 1 is 0.769 bits per heavy atom. The van der Waals surface area contributed by atoms with Gasteiger partial charge in [0.05, 0.1) is 17.2 Å². The molecule has 0 aliphatic rings. The van der Waals surface area contributed by atoms with Crippen molar-refractivity contribution in [2.45, 2.75) is 6.42 Å². The second-order valence-corrected chi connectivity index (χ2v) is 13.3. The number of hydrogen-bond acceptors (Lipinski definition) is 6. The van der Waals surface area contributed by atoms with E-state index in [1.807, 2.05) is 12.1 Å².